The van der Waals surface area contributed by atoms with Gasteiger partial charge < -0.3 is 15.5 Å². The van der Waals surface area contributed by atoms with Crippen molar-refractivity contribution >= 4 is 11.7 Å². The third-order valence-electron chi connectivity index (χ3n) is 4.09. The molecule has 134 valence electrons. The van der Waals surface area contributed by atoms with Gasteiger partial charge in [-0.1, -0.05) is 26.0 Å². The van der Waals surface area contributed by atoms with E-state index in [4.69, 9.17) is 0 Å². The first-order valence-electron chi connectivity index (χ1n) is 8.75. The van der Waals surface area contributed by atoms with Crippen LogP contribution >= 0.6 is 0 Å². The van der Waals surface area contributed by atoms with Gasteiger partial charge in [-0.25, -0.2) is 14.8 Å². The number of aromatic nitrogens is 2. The van der Waals surface area contributed by atoms with Crippen LogP contribution in [-0.4, -0.2) is 40.5 Å². The molecule has 0 atom stereocenters. The summed E-state index contributed by atoms with van der Waals surface area (Å²) in [4.78, 5) is 22.7. The van der Waals surface area contributed by atoms with Crippen LogP contribution in [0.2, 0.25) is 0 Å². The Morgan fingerprint density at radius 1 is 1.12 bits per heavy atom. The molecular weight excluding hydrogens is 314 g/mol. The van der Waals surface area contributed by atoms with Gasteiger partial charge in [-0.2, -0.15) is 0 Å². The number of nitrogens with one attached hydrogen (secondary N) is 2. The molecule has 6 nitrogen and oxygen atoms in total. The summed E-state index contributed by atoms with van der Waals surface area (Å²) in [5.41, 5.74) is 2.84. The molecule has 2 N–H and O–H groups in total. The van der Waals surface area contributed by atoms with Crippen molar-refractivity contribution in [2.75, 3.05) is 25.0 Å². The molecule has 0 saturated carbocycles. The summed E-state index contributed by atoms with van der Waals surface area (Å²) in [6.45, 7) is 9.75. The molecule has 0 saturated heterocycles. The number of rotatable bonds is 8. The van der Waals surface area contributed by atoms with E-state index in [2.05, 4.69) is 51.5 Å². The molecule has 2 aromatic rings. The van der Waals surface area contributed by atoms with Gasteiger partial charge in [0.2, 0.25) is 0 Å². The molecule has 0 unspecified atom stereocenters. The van der Waals surface area contributed by atoms with Crippen LogP contribution in [0.1, 0.15) is 30.9 Å². The Labute approximate surface area is 149 Å². The van der Waals surface area contributed by atoms with Gasteiger partial charge in [0.05, 0.1) is 12.2 Å². The number of benzene rings is 1. The Kier molecular flexibility index (Phi) is 7.35. The monoisotopic (exact) mass is 341 g/mol. The molecule has 6 heteroatoms. The number of carbonyl (C=O) groups excluding carboxylic acids is 1. The summed E-state index contributed by atoms with van der Waals surface area (Å²) in [6.07, 6.45) is 2.70. The smallest absolute Gasteiger partial charge is 0.319 e. The molecule has 0 aliphatic carbocycles. The molecule has 25 heavy (non-hydrogen) atoms. The van der Waals surface area contributed by atoms with Crippen LogP contribution in [0.3, 0.4) is 0 Å². The molecule has 0 bridgehead atoms. The highest BCUT2D eigenvalue weighted by molar-refractivity contribution is 5.89. The minimum atomic E-state index is -0.243. The summed E-state index contributed by atoms with van der Waals surface area (Å²) in [5, 5.41) is 5.63. The fourth-order valence-corrected chi connectivity index (χ4v) is 2.53. The zero-order valence-corrected chi connectivity index (χ0v) is 15.2. The van der Waals surface area contributed by atoms with Crippen LogP contribution in [-0.2, 0) is 13.0 Å². The van der Waals surface area contributed by atoms with Gasteiger partial charge in [-0.05, 0) is 50.2 Å². The quantitative estimate of drug-likeness (QED) is 0.774. The van der Waals surface area contributed by atoms with E-state index < -0.39 is 0 Å². The lowest BCUT2D eigenvalue weighted by Gasteiger charge is -2.17. The fraction of sp³-hybridized carbons (Fsp3) is 0.421. The number of likely N-dealkylation sites (N-methyl/N-ethyl adjacent to an activating group) is 1. The average Bonchev–Trinajstić information content (AvgIpc) is 2.62. The largest absolute Gasteiger partial charge is 0.332 e. The molecule has 1 aromatic heterocycles. The number of amides is 2. The van der Waals surface area contributed by atoms with E-state index in [1.807, 2.05) is 19.1 Å². The molecule has 2 rings (SSSR count). The van der Waals surface area contributed by atoms with Gasteiger partial charge in [0.15, 0.2) is 0 Å². The van der Waals surface area contributed by atoms with Crippen LogP contribution < -0.4 is 10.6 Å². The van der Waals surface area contributed by atoms with Crippen LogP contribution in [0.15, 0.2) is 36.5 Å². The maximum absolute atomic E-state index is 12.0. The lowest BCUT2D eigenvalue weighted by molar-refractivity contribution is 0.251. The van der Waals surface area contributed by atoms with Crippen LogP contribution in [0.4, 0.5) is 10.5 Å². The van der Waals surface area contributed by atoms with Crippen molar-refractivity contribution in [1.29, 1.82) is 0 Å². The number of nitrogens with zero attached hydrogens (tertiary/aromatic N) is 3. The third kappa shape index (κ3) is 6.51. The van der Waals surface area contributed by atoms with Crippen molar-refractivity contribution in [3.63, 3.8) is 0 Å². The van der Waals surface area contributed by atoms with Crippen molar-refractivity contribution in [3.8, 4) is 0 Å². The molecule has 1 aromatic carbocycles. The Balaban J connectivity index is 1.79. The van der Waals surface area contributed by atoms with E-state index >= 15 is 0 Å². The van der Waals surface area contributed by atoms with Crippen molar-refractivity contribution in [2.45, 2.75) is 33.7 Å². The minimum absolute atomic E-state index is 0.243. The maximum Gasteiger partial charge on any atom is 0.319 e. The molecule has 0 radical (unpaired) electrons. The summed E-state index contributed by atoms with van der Waals surface area (Å²) in [5.74, 6) is 0.694. The van der Waals surface area contributed by atoms with E-state index in [0.29, 0.717) is 12.4 Å². The summed E-state index contributed by atoms with van der Waals surface area (Å²) in [7, 11) is 0. The van der Waals surface area contributed by atoms with E-state index in [-0.39, 0.29) is 6.03 Å². The highest BCUT2D eigenvalue weighted by Crippen LogP contribution is 2.10. The first-order valence-corrected chi connectivity index (χ1v) is 8.75. The maximum atomic E-state index is 12.0. The Morgan fingerprint density at radius 2 is 1.84 bits per heavy atom. The second-order valence-corrected chi connectivity index (χ2v) is 5.88. The molecule has 2 amide bonds. The fourth-order valence-electron chi connectivity index (χ4n) is 2.53. The minimum Gasteiger partial charge on any atom is -0.332 e. The summed E-state index contributed by atoms with van der Waals surface area (Å²) < 4.78 is 0. The number of hydrogen-bond donors (Lipinski definition) is 2. The Bertz CT molecular complexity index is 668. The number of urea groups is 1. The Hall–Kier alpha value is -2.47. The number of carbonyl (C=O) groups is 1. The van der Waals surface area contributed by atoms with E-state index in [0.717, 1.165) is 37.4 Å². The highest BCUT2D eigenvalue weighted by atomic mass is 16.2. The van der Waals surface area contributed by atoms with Gasteiger partial charge in [0.1, 0.15) is 5.82 Å². The second kappa shape index (κ2) is 9.74. The standard InChI is InChI=1S/C19H27N5O/c1-4-24(5-2)13-11-16-6-8-17(9-7-16)23-19(25)21-14-18-10-12-20-15(3)22-18/h6-10,12H,4-5,11,13-14H2,1-3H3,(H2,21,23,25). The third-order valence-corrected chi connectivity index (χ3v) is 4.09. The first kappa shape index (κ1) is 18.9. The summed E-state index contributed by atoms with van der Waals surface area (Å²) >= 11 is 0. The van der Waals surface area contributed by atoms with Gasteiger partial charge >= 0.3 is 6.03 Å². The molecule has 0 aliphatic rings. The van der Waals surface area contributed by atoms with Gasteiger partial charge in [0, 0.05) is 18.4 Å². The topological polar surface area (TPSA) is 70.2 Å². The van der Waals surface area contributed by atoms with Gasteiger partial charge in [-0.15, -0.1) is 0 Å². The second-order valence-electron chi connectivity index (χ2n) is 5.88. The van der Waals surface area contributed by atoms with E-state index in [9.17, 15) is 4.79 Å². The zero-order chi connectivity index (χ0) is 18.1. The van der Waals surface area contributed by atoms with E-state index in [1.165, 1.54) is 5.56 Å². The first-order chi connectivity index (χ1) is 12.1. The molecular formula is C19H27N5O. The molecule has 1 heterocycles. The average molecular weight is 341 g/mol. The number of hydrogen-bond acceptors (Lipinski definition) is 4. The SMILES string of the molecule is CCN(CC)CCc1ccc(NC(=O)NCc2ccnc(C)n2)cc1. The van der Waals surface area contributed by atoms with Crippen LogP contribution in [0.25, 0.3) is 0 Å². The van der Waals surface area contributed by atoms with Crippen LogP contribution in [0.5, 0.6) is 0 Å². The number of aryl methyl sites for hydroxylation is 1. The summed E-state index contributed by atoms with van der Waals surface area (Å²) in [6, 6.07) is 9.54. The van der Waals surface area contributed by atoms with Crippen molar-refractivity contribution in [2.24, 2.45) is 0 Å². The van der Waals surface area contributed by atoms with Crippen molar-refractivity contribution < 1.29 is 4.79 Å². The predicted molar refractivity (Wildman–Crippen MR) is 101 cm³/mol. The van der Waals surface area contributed by atoms with E-state index in [1.54, 1.807) is 12.3 Å². The predicted octanol–water partition coefficient (Wildman–Crippen LogP) is 2.99. The molecule has 0 aliphatic heterocycles. The Morgan fingerprint density at radius 3 is 2.48 bits per heavy atom. The van der Waals surface area contributed by atoms with Crippen LogP contribution in [0, 0.1) is 6.92 Å². The van der Waals surface area contributed by atoms with Crippen molar-refractivity contribution in [1.82, 2.24) is 20.2 Å². The zero-order valence-electron chi connectivity index (χ0n) is 15.2. The highest BCUT2D eigenvalue weighted by Gasteiger charge is 2.04. The molecule has 0 spiro atoms. The molecule has 0 fully saturated rings. The van der Waals surface area contributed by atoms with Gasteiger partial charge in [0.25, 0.3) is 0 Å². The lowest BCUT2D eigenvalue weighted by atomic mass is 10.1. The van der Waals surface area contributed by atoms with Gasteiger partial charge in [-0.3, -0.25) is 0 Å². The van der Waals surface area contributed by atoms with Crippen molar-refractivity contribution in [3.05, 3.63) is 53.6 Å². The normalized spacial score (nSPS) is 10.7. The number of anilines is 1. The lowest BCUT2D eigenvalue weighted by Crippen LogP contribution is -2.28.